The average Bonchev–Trinajstić information content (AvgIpc) is 2.86. The minimum Gasteiger partial charge on any atom is -0.494 e. The highest BCUT2D eigenvalue weighted by Crippen LogP contribution is 2.31. The van der Waals surface area contributed by atoms with Crippen LogP contribution in [0.3, 0.4) is 0 Å². The van der Waals surface area contributed by atoms with E-state index in [1.807, 2.05) is 0 Å². The van der Waals surface area contributed by atoms with Crippen molar-refractivity contribution in [2.45, 2.75) is 77.2 Å². The van der Waals surface area contributed by atoms with Crippen LogP contribution in [0, 0.1) is 0 Å². The molecule has 0 saturated carbocycles. The molecule has 1 aliphatic rings. The van der Waals surface area contributed by atoms with Gasteiger partial charge in [0, 0.05) is 6.04 Å². The SMILES string of the molecule is CCCCCCCCCCOc1ccc2c(c1)CCC2N. The Labute approximate surface area is 130 Å². The molecule has 0 amide bonds. The van der Waals surface area contributed by atoms with Crippen LogP contribution in [-0.2, 0) is 6.42 Å². The van der Waals surface area contributed by atoms with Crippen molar-refractivity contribution in [3.63, 3.8) is 0 Å². The lowest BCUT2D eigenvalue weighted by Crippen LogP contribution is -2.05. The Hall–Kier alpha value is -1.02. The molecule has 0 aliphatic heterocycles. The van der Waals surface area contributed by atoms with Gasteiger partial charge >= 0.3 is 0 Å². The standard InChI is InChI=1S/C19H31NO/c1-2-3-4-5-6-7-8-9-14-21-17-11-12-18-16(15-17)10-13-19(18)20/h11-12,15,19H,2-10,13-14,20H2,1H3. The molecule has 1 aromatic carbocycles. The summed E-state index contributed by atoms with van der Waals surface area (Å²) in [6, 6.07) is 6.65. The molecule has 0 saturated heterocycles. The Morgan fingerprint density at radius 2 is 1.76 bits per heavy atom. The van der Waals surface area contributed by atoms with Gasteiger partial charge in [-0.25, -0.2) is 0 Å². The first-order valence-corrected chi connectivity index (χ1v) is 8.82. The summed E-state index contributed by atoms with van der Waals surface area (Å²) in [5, 5.41) is 0. The molecule has 0 radical (unpaired) electrons. The van der Waals surface area contributed by atoms with Crippen molar-refractivity contribution < 1.29 is 4.74 Å². The summed E-state index contributed by atoms with van der Waals surface area (Å²) in [6.07, 6.45) is 12.9. The first-order chi connectivity index (χ1) is 10.3. The third-order valence-electron chi connectivity index (χ3n) is 4.51. The van der Waals surface area contributed by atoms with Crippen molar-refractivity contribution in [2.75, 3.05) is 6.61 Å². The second kappa shape index (κ2) is 9.09. The molecule has 0 bridgehead atoms. The zero-order valence-electron chi connectivity index (χ0n) is 13.6. The highest BCUT2D eigenvalue weighted by atomic mass is 16.5. The van der Waals surface area contributed by atoms with Crippen LogP contribution in [-0.4, -0.2) is 6.61 Å². The second-order valence-corrected chi connectivity index (χ2v) is 6.33. The normalized spacial score (nSPS) is 17.0. The summed E-state index contributed by atoms with van der Waals surface area (Å²) in [5.41, 5.74) is 8.75. The van der Waals surface area contributed by atoms with Crippen LogP contribution in [0.1, 0.15) is 81.9 Å². The molecule has 118 valence electrons. The summed E-state index contributed by atoms with van der Waals surface area (Å²) in [6.45, 7) is 3.11. The number of hydrogen-bond acceptors (Lipinski definition) is 2. The Kier molecular flexibility index (Phi) is 7.08. The summed E-state index contributed by atoms with van der Waals surface area (Å²) in [7, 11) is 0. The lowest BCUT2D eigenvalue weighted by Gasteiger charge is -2.09. The minimum absolute atomic E-state index is 0.238. The molecule has 1 aromatic rings. The van der Waals surface area contributed by atoms with Crippen LogP contribution in [0.5, 0.6) is 5.75 Å². The first-order valence-electron chi connectivity index (χ1n) is 8.82. The molecule has 1 aliphatic carbocycles. The zero-order chi connectivity index (χ0) is 14.9. The van der Waals surface area contributed by atoms with E-state index in [1.54, 1.807) is 0 Å². The maximum absolute atomic E-state index is 6.05. The molecular formula is C19H31NO. The lowest BCUT2D eigenvalue weighted by atomic mass is 10.1. The number of nitrogens with two attached hydrogens (primary N) is 1. The fourth-order valence-electron chi connectivity index (χ4n) is 3.14. The van der Waals surface area contributed by atoms with E-state index in [2.05, 4.69) is 25.1 Å². The van der Waals surface area contributed by atoms with Gasteiger partial charge in [0.1, 0.15) is 5.75 Å². The molecule has 2 N–H and O–H groups in total. The molecule has 2 rings (SSSR count). The van der Waals surface area contributed by atoms with Gasteiger partial charge in [-0.2, -0.15) is 0 Å². The van der Waals surface area contributed by atoms with E-state index in [0.717, 1.165) is 25.2 Å². The van der Waals surface area contributed by atoms with E-state index < -0.39 is 0 Å². The van der Waals surface area contributed by atoms with Crippen LogP contribution in [0.15, 0.2) is 18.2 Å². The molecule has 21 heavy (non-hydrogen) atoms. The number of fused-ring (bicyclic) bond motifs is 1. The predicted molar refractivity (Wildman–Crippen MR) is 89.8 cm³/mol. The van der Waals surface area contributed by atoms with Crippen LogP contribution in [0.4, 0.5) is 0 Å². The number of benzene rings is 1. The second-order valence-electron chi connectivity index (χ2n) is 6.33. The van der Waals surface area contributed by atoms with Gasteiger partial charge in [-0.3, -0.25) is 0 Å². The molecule has 0 heterocycles. The van der Waals surface area contributed by atoms with Gasteiger partial charge < -0.3 is 10.5 Å². The highest BCUT2D eigenvalue weighted by molar-refractivity contribution is 5.40. The fourth-order valence-corrected chi connectivity index (χ4v) is 3.14. The average molecular weight is 289 g/mol. The first kappa shape index (κ1) is 16.4. The fraction of sp³-hybridized carbons (Fsp3) is 0.684. The Morgan fingerprint density at radius 3 is 2.52 bits per heavy atom. The summed E-state index contributed by atoms with van der Waals surface area (Å²) < 4.78 is 5.87. The van der Waals surface area contributed by atoms with Gasteiger partial charge in [-0.15, -0.1) is 0 Å². The lowest BCUT2D eigenvalue weighted by molar-refractivity contribution is 0.304. The minimum atomic E-state index is 0.238. The summed E-state index contributed by atoms with van der Waals surface area (Å²) in [5.74, 6) is 1.02. The molecule has 2 nitrogen and oxygen atoms in total. The largest absolute Gasteiger partial charge is 0.494 e. The molecule has 2 heteroatoms. The van der Waals surface area contributed by atoms with Gasteiger partial charge in [0.05, 0.1) is 6.61 Å². The number of rotatable bonds is 10. The monoisotopic (exact) mass is 289 g/mol. The summed E-state index contributed by atoms with van der Waals surface area (Å²) in [4.78, 5) is 0. The maximum Gasteiger partial charge on any atom is 0.119 e. The van der Waals surface area contributed by atoms with Crippen molar-refractivity contribution >= 4 is 0 Å². The quantitative estimate of drug-likeness (QED) is 0.604. The Bertz CT molecular complexity index is 416. The smallest absolute Gasteiger partial charge is 0.119 e. The molecule has 0 aromatic heterocycles. The Morgan fingerprint density at radius 1 is 1.05 bits per heavy atom. The maximum atomic E-state index is 6.05. The van der Waals surface area contributed by atoms with E-state index in [-0.39, 0.29) is 6.04 Å². The highest BCUT2D eigenvalue weighted by Gasteiger charge is 2.18. The van der Waals surface area contributed by atoms with Gasteiger partial charge in [0.2, 0.25) is 0 Å². The number of unbranched alkanes of at least 4 members (excludes halogenated alkanes) is 7. The van der Waals surface area contributed by atoms with E-state index in [0.29, 0.717) is 0 Å². The molecule has 1 unspecified atom stereocenters. The summed E-state index contributed by atoms with van der Waals surface area (Å²) >= 11 is 0. The number of ether oxygens (including phenoxy) is 1. The van der Waals surface area contributed by atoms with E-state index in [1.165, 1.54) is 62.5 Å². The molecule has 0 spiro atoms. The molecule has 1 atom stereocenters. The van der Waals surface area contributed by atoms with Gasteiger partial charge in [-0.05, 0) is 42.5 Å². The van der Waals surface area contributed by atoms with Crippen molar-refractivity contribution in [3.05, 3.63) is 29.3 Å². The van der Waals surface area contributed by atoms with Gasteiger partial charge in [-0.1, -0.05) is 57.9 Å². The van der Waals surface area contributed by atoms with Crippen molar-refractivity contribution in [1.82, 2.24) is 0 Å². The van der Waals surface area contributed by atoms with Crippen LogP contribution < -0.4 is 10.5 Å². The predicted octanol–water partition coefficient (Wildman–Crippen LogP) is 5.15. The van der Waals surface area contributed by atoms with Crippen LogP contribution in [0.25, 0.3) is 0 Å². The van der Waals surface area contributed by atoms with Crippen LogP contribution >= 0.6 is 0 Å². The van der Waals surface area contributed by atoms with Crippen molar-refractivity contribution in [2.24, 2.45) is 5.73 Å². The zero-order valence-corrected chi connectivity index (χ0v) is 13.6. The molecule has 0 fully saturated rings. The van der Waals surface area contributed by atoms with Crippen LogP contribution in [0.2, 0.25) is 0 Å². The molecular weight excluding hydrogens is 258 g/mol. The third-order valence-corrected chi connectivity index (χ3v) is 4.51. The van der Waals surface area contributed by atoms with E-state index in [4.69, 9.17) is 10.5 Å². The topological polar surface area (TPSA) is 35.2 Å². The van der Waals surface area contributed by atoms with Crippen molar-refractivity contribution in [1.29, 1.82) is 0 Å². The Balaban J connectivity index is 1.55. The number of hydrogen-bond donors (Lipinski definition) is 1. The van der Waals surface area contributed by atoms with Gasteiger partial charge in [0.25, 0.3) is 0 Å². The van der Waals surface area contributed by atoms with Crippen molar-refractivity contribution in [3.8, 4) is 5.75 Å². The van der Waals surface area contributed by atoms with E-state index in [9.17, 15) is 0 Å². The number of aryl methyl sites for hydroxylation is 1. The van der Waals surface area contributed by atoms with E-state index >= 15 is 0 Å². The third kappa shape index (κ3) is 5.35. The van der Waals surface area contributed by atoms with Gasteiger partial charge in [0.15, 0.2) is 0 Å².